The Bertz CT molecular complexity index is 1110. The van der Waals surface area contributed by atoms with Crippen molar-refractivity contribution in [3.63, 3.8) is 0 Å². The number of halogens is 1. The fourth-order valence-corrected chi connectivity index (χ4v) is 2.94. The van der Waals surface area contributed by atoms with Crippen molar-refractivity contribution >= 4 is 5.82 Å². The first-order chi connectivity index (χ1) is 14.2. The normalized spacial score (nSPS) is 10.5. The summed E-state index contributed by atoms with van der Waals surface area (Å²) in [4.78, 5) is 16.3. The van der Waals surface area contributed by atoms with Crippen molar-refractivity contribution in [2.24, 2.45) is 0 Å². The molecule has 0 fully saturated rings. The Morgan fingerprint density at radius 1 is 0.828 bits per heavy atom. The molecule has 5 nitrogen and oxygen atoms in total. The maximum Gasteiger partial charge on any atom is 0.213 e. The molecule has 0 aliphatic rings. The van der Waals surface area contributed by atoms with Gasteiger partial charge < -0.3 is 5.32 Å². The number of pyridine rings is 2. The van der Waals surface area contributed by atoms with Crippen molar-refractivity contribution in [3.8, 4) is 22.4 Å². The summed E-state index contributed by atoms with van der Waals surface area (Å²) in [5, 5.41) is 3.22. The minimum atomic E-state index is -0.484. The van der Waals surface area contributed by atoms with Gasteiger partial charge in [-0.3, -0.25) is 9.97 Å². The number of nitrogens with one attached hydrogen (secondary N) is 1. The number of hydrogen-bond acceptors (Lipinski definition) is 5. The SMILES string of the molecule is C=C(Cc1ccc(-c2ccnc(F)c2)cc1)Nc1ccc(-c2cnccn2)cn1. The summed E-state index contributed by atoms with van der Waals surface area (Å²) in [5.74, 6) is 0.230. The second kappa shape index (κ2) is 8.39. The average Bonchev–Trinajstić information content (AvgIpc) is 2.75. The Balaban J connectivity index is 1.38. The van der Waals surface area contributed by atoms with Crippen LogP contribution >= 0.6 is 0 Å². The Morgan fingerprint density at radius 2 is 1.66 bits per heavy atom. The topological polar surface area (TPSA) is 63.6 Å². The molecule has 0 bridgehead atoms. The van der Waals surface area contributed by atoms with E-state index in [1.165, 1.54) is 12.3 Å². The first-order valence-corrected chi connectivity index (χ1v) is 9.05. The molecular weight excluding hydrogens is 365 g/mol. The van der Waals surface area contributed by atoms with E-state index in [0.717, 1.165) is 33.6 Å². The minimum Gasteiger partial charge on any atom is -0.344 e. The maximum atomic E-state index is 13.3. The van der Waals surface area contributed by atoms with Crippen LogP contribution < -0.4 is 5.32 Å². The minimum absolute atomic E-state index is 0.484. The van der Waals surface area contributed by atoms with E-state index in [0.29, 0.717) is 12.2 Å². The highest BCUT2D eigenvalue weighted by Gasteiger charge is 2.04. The Kier molecular flexibility index (Phi) is 5.33. The van der Waals surface area contributed by atoms with E-state index >= 15 is 0 Å². The summed E-state index contributed by atoms with van der Waals surface area (Å²) in [5.41, 5.74) is 5.34. The molecule has 4 rings (SSSR count). The summed E-state index contributed by atoms with van der Waals surface area (Å²) in [7, 11) is 0. The van der Waals surface area contributed by atoms with Crippen LogP contribution in [0.1, 0.15) is 5.56 Å². The summed E-state index contributed by atoms with van der Waals surface area (Å²) >= 11 is 0. The number of aromatic nitrogens is 4. The summed E-state index contributed by atoms with van der Waals surface area (Å²) < 4.78 is 13.3. The Labute approximate surface area is 168 Å². The van der Waals surface area contributed by atoms with Crippen molar-refractivity contribution in [2.45, 2.75) is 6.42 Å². The smallest absolute Gasteiger partial charge is 0.213 e. The largest absolute Gasteiger partial charge is 0.344 e. The van der Waals surface area contributed by atoms with Gasteiger partial charge in [-0.25, -0.2) is 9.97 Å². The number of anilines is 1. The van der Waals surface area contributed by atoms with Gasteiger partial charge in [0.25, 0.3) is 0 Å². The fourth-order valence-electron chi connectivity index (χ4n) is 2.94. The lowest BCUT2D eigenvalue weighted by Gasteiger charge is -2.10. The molecule has 0 aliphatic carbocycles. The molecule has 0 aliphatic heterocycles. The number of allylic oxidation sites excluding steroid dienone is 1. The molecule has 1 aromatic carbocycles. The number of rotatable bonds is 6. The van der Waals surface area contributed by atoms with E-state index in [2.05, 4.69) is 31.8 Å². The standard InChI is InChI=1S/C23H18FN5/c1-16(29-23-7-6-20(14-28-23)21-15-25-10-11-26-21)12-17-2-4-18(5-3-17)19-8-9-27-22(24)13-19/h2-11,13-15H,1,12H2,(H,28,29). The van der Waals surface area contributed by atoms with Gasteiger partial charge in [0.05, 0.1) is 11.9 Å². The lowest BCUT2D eigenvalue weighted by atomic mass is 10.0. The van der Waals surface area contributed by atoms with Crippen LogP contribution in [-0.4, -0.2) is 19.9 Å². The average molecular weight is 383 g/mol. The monoisotopic (exact) mass is 383 g/mol. The molecule has 1 N–H and O–H groups in total. The number of nitrogens with zero attached hydrogens (tertiary/aromatic N) is 4. The third kappa shape index (κ3) is 4.68. The summed E-state index contributed by atoms with van der Waals surface area (Å²) in [6.45, 7) is 4.09. The van der Waals surface area contributed by atoms with E-state index in [9.17, 15) is 4.39 Å². The molecule has 0 atom stereocenters. The van der Waals surface area contributed by atoms with Gasteiger partial charge in [0.1, 0.15) is 5.82 Å². The summed E-state index contributed by atoms with van der Waals surface area (Å²) in [6, 6.07) is 15.0. The van der Waals surface area contributed by atoms with Gasteiger partial charge in [0.2, 0.25) is 5.95 Å². The number of benzene rings is 1. The zero-order valence-electron chi connectivity index (χ0n) is 15.6. The molecular formula is C23H18FN5. The van der Waals surface area contributed by atoms with Crippen LogP contribution in [0.4, 0.5) is 10.2 Å². The van der Waals surface area contributed by atoms with Gasteiger partial charge in [-0.2, -0.15) is 4.39 Å². The first-order valence-electron chi connectivity index (χ1n) is 9.05. The van der Waals surface area contributed by atoms with Gasteiger partial charge in [0.15, 0.2) is 0 Å². The predicted molar refractivity (Wildman–Crippen MR) is 111 cm³/mol. The van der Waals surface area contributed by atoms with Crippen molar-refractivity contribution in [2.75, 3.05) is 5.32 Å². The van der Waals surface area contributed by atoms with Crippen LogP contribution in [0, 0.1) is 5.95 Å². The second-order valence-corrected chi connectivity index (χ2v) is 6.49. The van der Waals surface area contributed by atoms with Crippen LogP contribution in [-0.2, 0) is 6.42 Å². The molecule has 29 heavy (non-hydrogen) atoms. The van der Waals surface area contributed by atoms with Crippen molar-refractivity contribution in [1.82, 2.24) is 19.9 Å². The van der Waals surface area contributed by atoms with Gasteiger partial charge in [-0.05, 0) is 34.9 Å². The van der Waals surface area contributed by atoms with E-state index in [1.807, 2.05) is 36.4 Å². The van der Waals surface area contributed by atoms with Crippen LogP contribution in [0.5, 0.6) is 0 Å². The predicted octanol–water partition coefficient (Wildman–Crippen LogP) is 4.91. The van der Waals surface area contributed by atoms with E-state index in [4.69, 9.17) is 0 Å². The molecule has 3 aromatic heterocycles. The Morgan fingerprint density at radius 3 is 2.34 bits per heavy atom. The van der Waals surface area contributed by atoms with E-state index in [-0.39, 0.29) is 0 Å². The summed E-state index contributed by atoms with van der Waals surface area (Å²) in [6.07, 6.45) is 8.86. The molecule has 0 saturated heterocycles. The third-order valence-corrected chi connectivity index (χ3v) is 4.36. The zero-order chi connectivity index (χ0) is 20.1. The highest BCUT2D eigenvalue weighted by molar-refractivity contribution is 5.63. The van der Waals surface area contributed by atoms with Crippen LogP contribution in [0.15, 0.2) is 91.8 Å². The second-order valence-electron chi connectivity index (χ2n) is 6.49. The van der Waals surface area contributed by atoms with Gasteiger partial charge in [-0.15, -0.1) is 0 Å². The van der Waals surface area contributed by atoms with Gasteiger partial charge >= 0.3 is 0 Å². The third-order valence-electron chi connectivity index (χ3n) is 4.36. The van der Waals surface area contributed by atoms with Crippen LogP contribution in [0.3, 0.4) is 0 Å². The van der Waals surface area contributed by atoms with Crippen molar-refractivity contribution < 1.29 is 4.39 Å². The van der Waals surface area contributed by atoms with Gasteiger partial charge in [0, 0.05) is 48.5 Å². The van der Waals surface area contributed by atoms with Crippen LogP contribution in [0.25, 0.3) is 22.4 Å². The lowest BCUT2D eigenvalue weighted by Crippen LogP contribution is -2.03. The fraction of sp³-hybridized carbons (Fsp3) is 0.0435. The quantitative estimate of drug-likeness (QED) is 0.480. The lowest BCUT2D eigenvalue weighted by molar-refractivity contribution is 0.584. The van der Waals surface area contributed by atoms with Crippen molar-refractivity contribution in [3.05, 3.63) is 103 Å². The first kappa shape index (κ1) is 18.4. The van der Waals surface area contributed by atoms with Gasteiger partial charge in [-0.1, -0.05) is 30.8 Å². The molecule has 0 saturated carbocycles. The maximum absolute atomic E-state index is 13.3. The molecule has 0 radical (unpaired) electrons. The van der Waals surface area contributed by atoms with Crippen LogP contribution in [0.2, 0.25) is 0 Å². The zero-order valence-corrected chi connectivity index (χ0v) is 15.6. The molecule has 6 heteroatoms. The highest BCUT2D eigenvalue weighted by Crippen LogP contribution is 2.21. The van der Waals surface area contributed by atoms with E-state index in [1.54, 1.807) is 30.9 Å². The number of hydrogen-bond donors (Lipinski definition) is 1. The highest BCUT2D eigenvalue weighted by atomic mass is 19.1. The van der Waals surface area contributed by atoms with Crippen molar-refractivity contribution in [1.29, 1.82) is 0 Å². The molecule has 0 amide bonds. The molecule has 4 aromatic rings. The molecule has 0 unspecified atom stereocenters. The molecule has 142 valence electrons. The Hall–Kier alpha value is -3.93. The molecule has 3 heterocycles. The molecule has 0 spiro atoms. The van der Waals surface area contributed by atoms with E-state index < -0.39 is 5.95 Å².